The number of hydrogen-bond acceptors (Lipinski definition) is 3. The predicted molar refractivity (Wildman–Crippen MR) is 61.7 cm³/mol. The van der Waals surface area contributed by atoms with Crippen LogP contribution < -0.4 is 4.74 Å². The summed E-state index contributed by atoms with van der Waals surface area (Å²) in [6.07, 6.45) is 2.29. The number of ether oxygens (including phenoxy) is 1. The second-order valence-electron chi connectivity index (χ2n) is 2.76. The molecule has 72 valence electrons. The number of rotatable bonds is 5. The third-order valence-electron chi connectivity index (χ3n) is 1.70. The van der Waals surface area contributed by atoms with Gasteiger partial charge in [0.1, 0.15) is 5.75 Å². The maximum Gasteiger partial charge on any atom is 0.119 e. The van der Waals surface area contributed by atoms with Gasteiger partial charge in [-0.2, -0.15) is 0 Å². The van der Waals surface area contributed by atoms with Gasteiger partial charge in [0.05, 0.1) is 6.61 Å². The second kappa shape index (κ2) is 6.22. The lowest BCUT2D eigenvalue weighted by molar-refractivity contribution is 0.309. The molecule has 0 aliphatic rings. The molecule has 13 heavy (non-hydrogen) atoms. The molecule has 3 heteroatoms. The number of hydrogen-bond donors (Lipinski definition) is 1. The fraction of sp³-hybridized carbons (Fsp3) is 0.400. The van der Waals surface area contributed by atoms with E-state index in [1.807, 2.05) is 24.3 Å². The lowest BCUT2D eigenvalue weighted by atomic mass is 10.3. The van der Waals surface area contributed by atoms with Gasteiger partial charge in [0.15, 0.2) is 0 Å². The van der Waals surface area contributed by atoms with Crippen molar-refractivity contribution >= 4 is 22.5 Å². The van der Waals surface area contributed by atoms with Crippen LogP contribution in [0.2, 0.25) is 0 Å². The lowest BCUT2D eigenvalue weighted by Crippen LogP contribution is -1.95. The van der Waals surface area contributed by atoms with Crippen LogP contribution in [0.5, 0.6) is 5.75 Å². The number of thiol groups is 1. The van der Waals surface area contributed by atoms with E-state index in [1.165, 1.54) is 17.2 Å². The van der Waals surface area contributed by atoms with Gasteiger partial charge in [-0.05, 0) is 30.7 Å². The van der Waals surface area contributed by atoms with Crippen LogP contribution in [0.4, 0.5) is 0 Å². The fourth-order valence-corrected chi connectivity index (χ4v) is 1.55. The first-order valence-corrected chi connectivity index (χ1v) is 6.28. The van der Waals surface area contributed by atoms with Crippen LogP contribution in [-0.4, -0.2) is 6.61 Å². The summed E-state index contributed by atoms with van der Waals surface area (Å²) in [5.74, 6) is 0.944. The molecule has 1 aromatic rings. The summed E-state index contributed by atoms with van der Waals surface area (Å²) in [6, 6.07) is 7.99. The molecule has 0 aliphatic heterocycles. The Morgan fingerprint density at radius 1 is 1.31 bits per heavy atom. The fourth-order valence-electron chi connectivity index (χ4n) is 0.931. The molecule has 0 aliphatic carbocycles. The van der Waals surface area contributed by atoms with Crippen molar-refractivity contribution < 1.29 is 4.74 Å². The van der Waals surface area contributed by atoms with E-state index in [0.717, 1.165) is 23.7 Å². The molecule has 0 saturated carbocycles. The van der Waals surface area contributed by atoms with Crippen molar-refractivity contribution in [2.75, 3.05) is 6.61 Å². The Morgan fingerprint density at radius 3 is 2.54 bits per heavy atom. The Kier molecular flexibility index (Phi) is 5.16. The molecule has 1 rings (SSSR count). The minimum absolute atomic E-state index is 0.809. The van der Waals surface area contributed by atoms with E-state index < -0.39 is 0 Å². The smallest absolute Gasteiger partial charge is 0.119 e. The molecule has 0 bridgehead atoms. The van der Waals surface area contributed by atoms with Gasteiger partial charge in [0.2, 0.25) is 0 Å². The molecule has 0 atom stereocenters. The van der Waals surface area contributed by atoms with Crippen LogP contribution >= 0.6 is 22.5 Å². The van der Waals surface area contributed by atoms with E-state index in [0.29, 0.717) is 0 Å². The Labute approximate surface area is 88.7 Å². The Balaban J connectivity index is 2.40. The highest BCUT2D eigenvalue weighted by Crippen LogP contribution is 2.23. The molecule has 0 N–H and O–H groups in total. The molecule has 0 heterocycles. The maximum atomic E-state index is 5.51. The molecule has 0 fully saturated rings. The van der Waals surface area contributed by atoms with Crippen LogP contribution in [0.25, 0.3) is 0 Å². The summed E-state index contributed by atoms with van der Waals surface area (Å²) >= 11 is 4.11. The molecular weight excluding hydrogens is 200 g/mol. The zero-order chi connectivity index (χ0) is 9.52. The van der Waals surface area contributed by atoms with E-state index in [-0.39, 0.29) is 0 Å². The highest BCUT2D eigenvalue weighted by molar-refractivity contribution is 8.68. The van der Waals surface area contributed by atoms with Crippen LogP contribution in [0.3, 0.4) is 0 Å². The largest absolute Gasteiger partial charge is 0.494 e. The van der Waals surface area contributed by atoms with Crippen molar-refractivity contribution in [3.05, 3.63) is 24.3 Å². The topological polar surface area (TPSA) is 9.23 Å². The average Bonchev–Trinajstić information content (AvgIpc) is 2.19. The quantitative estimate of drug-likeness (QED) is 0.453. The molecule has 1 aromatic carbocycles. The summed E-state index contributed by atoms with van der Waals surface area (Å²) in [4.78, 5) is 1.14. The predicted octanol–water partition coefficient (Wildman–Crippen LogP) is 3.80. The van der Waals surface area contributed by atoms with E-state index in [2.05, 4.69) is 18.6 Å². The second-order valence-corrected chi connectivity index (χ2v) is 3.97. The van der Waals surface area contributed by atoms with Crippen LogP contribution in [0, 0.1) is 0 Å². The summed E-state index contributed by atoms with van der Waals surface area (Å²) in [5.41, 5.74) is 0. The first-order chi connectivity index (χ1) is 6.36. The van der Waals surface area contributed by atoms with Gasteiger partial charge in [0.25, 0.3) is 0 Å². The van der Waals surface area contributed by atoms with Gasteiger partial charge >= 0.3 is 0 Å². The highest BCUT2D eigenvalue weighted by Gasteiger charge is 1.93. The summed E-state index contributed by atoms with van der Waals surface area (Å²) in [6.45, 7) is 2.97. The standard InChI is InChI=1S/C10H14OS2/c1-2-3-8-11-9-4-6-10(13-12)7-5-9/h4-7,12H,2-3,8H2,1H3. The Morgan fingerprint density at radius 2 is 2.00 bits per heavy atom. The maximum absolute atomic E-state index is 5.51. The Bertz CT molecular complexity index is 233. The van der Waals surface area contributed by atoms with Gasteiger partial charge in [-0.25, -0.2) is 0 Å². The van der Waals surface area contributed by atoms with Gasteiger partial charge in [-0.1, -0.05) is 24.1 Å². The lowest BCUT2D eigenvalue weighted by Gasteiger charge is -2.04. The number of unbranched alkanes of at least 4 members (excludes halogenated alkanes) is 1. The van der Waals surface area contributed by atoms with Gasteiger partial charge in [-0.15, -0.1) is 11.7 Å². The van der Waals surface area contributed by atoms with E-state index >= 15 is 0 Å². The van der Waals surface area contributed by atoms with Crippen LogP contribution in [0.15, 0.2) is 29.2 Å². The van der Waals surface area contributed by atoms with E-state index in [9.17, 15) is 0 Å². The van der Waals surface area contributed by atoms with Gasteiger partial charge < -0.3 is 4.74 Å². The molecule has 0 spiro atoms. The van der Waals surface area contributed by atoms with Crippen molar-refractivity contribution in [1.29, 1.82) is 0 Å². The molecule has 0 unspecified atom stereocenters. The summed E-state index contributed by atoms with van der Waals surface area (Å²) < 4.78 is 5.51. The number of benzene rings is 1. The minimum atomic E-state index is 0.809. The molecule has 0 amide bonds. The summed E-state index contributed by atoms with van der Waals surface area (Å²) in [5, 5.41) is 0. The van der Waals surface area contributed by atoms with Crippen molar-refractivity contribution in [2.45, 2.75) is 24.7 Å². The van der Waals surface area contributed by atoms with Gasteiger partial charge in [-0.3, -0.25) is 0 Å². The monoisotopic (exact) mass is 214 g/mol. The van der Waals surface area contributed by atoms with Crippen molar-refractivity contribution in [1.82, 2.24) is 0 Å². The van der Waals surface area contributed by atoms with Crippen molar-refractivity contribution in [3.8, 4) is 5.75 Å². The third-order valence-corrected chi connectivity index (χ3v) is 2.81. The molecule has 0 radical (unpaired) electrons. The SMILES string of the molecule is CCCCOc1ccc(SS)cc1. The molecule has 0 aromatic heterocycles. The average molecular weight is 214 g/mol. The molecular formula is C10H14OS2. The normalized spacial score (nSPS) is 10.0. The van der Waals surface area contributed by atoms with Crippen molar-refractivity contribution in [2.24, 2.45) is 0 Å². The van der Waals surface area contributed by atoms with Gasteiger partial charge in [0, 0.05) is 4.90 Å². The highest BCUT2D eigenvalue weighted by atomic mass is 33.1. The zero-order valence-electron chi connectivity index (χ0n) is 7.69. The first kappa shape index (κ1) is 10.8. The van der Waals surface area contributed by atoms with E-state index in [4.69, 9.17) is 4.74 Å². The zero-order valence-corrected chi connectivity index (χ0v) is 9.41. The summed E-state index contributed by atoms with van der Waals surface area (Å²) in [7, 11) is 1.44. The van der Waals surface area contributed by atoms with E-state index in [1.54, 1.807) is 0 Å². The minimum Gasteiger partial charge on any atom is -0.494 e. The van der Waals surface area contributed by atoms with Crippen LogP contribution in [-0.2, 0) is 0 Å². The van der Waals surface area contributed by atoms with Crippen molar-refractivity contribution in [3.63, 3.8) is 0 Å². The third kappa shape index (κ3) is 3.96. The Hall–Kier alpha value is -0.280. The molecule has 0 saturated heterocycles. The van der Waals surface area contributed by atoms with Crippen LogP contribution in [0.1, 0.15) is 19.8 Å². The first-order valence-electron chi connectivity index (χ1n) is 4.41. The molecule has 1 nitrogen and oxygen atoms in total.